The summed E-state index contributed by atoms with van der Waals surface area (Å²) in [5.41, 5.74) is -0.749. The van der Waals surface area contributed by atoms with Crippen molar-refractivity contribution in [2.24, 2.45) is 0 Å². The number of alkyl halides is 3. The third-order valence-electron chi connectivity index (χ3n) is 4.20. The van der Waals surface area contributed by atoms with Crippen molar-refractivity contribution in [3.63, 3.8) is 0 Å². The van der Waals surface area contributed by atoms with Crippen molar-refractivity contribution in [1.29, 1.82) is 0 Å². The van der Waals surface area contributed by atoms with Crippen LogP contribution >= 0.6 is 24.4 Å². The van der Waals surface area contributed by atoms with Crippen molar-refractivity contribution in [2.75, 3.05) is 14.9 Å². The Bertz CT molecular complexity index is 1160. The number of carbonyl (C=O) groups excluding carboxylic acids is 2. The number of urea groups is 1. The van der Waals surface area contributed by atoms with Crippen LogP contribution in [0.15, 0.2) is 66.7 Å². The molecule has 0 bridgehead atoms. The fraction of sp³-hybridized carbons (Fsp3) is 0.0476. The van der Waals surface area contributed by atoms with Crippen LogP contribution in [-0.4, -0.2) is 11.9 Å². The number of amides is 3. The lowest BCUT2D eigenvalue weighted by Crippen LogP contribution is -2.27. The van der Waals surface area contributed by atoms with Crippen molar-refractivity contribution >= 4 is 53.4 Å². The molecule has 0 spiro atoms. The van der Waals surface area contributed by atoms with E-state index in [1.54, 1.807) is 0 Å². The van der Waals surface area contributed by atoms with Crippen LogP contribution < -0.4 is 14.9 Å². The highest BCUT2D eigenvalue weighted by molar-refractivity contribution is 7.82. The van der Waals surface area contributed by atoms with Crippen LogP contribution in [0.2, 0.25) is 5.02 Å². The highest BCUT2D eigenvalue weighted by Crippen LogP contribution is 2.36. The zero-order valence-electron chi connectivity index (χ0n) is 16.0. The number of carbonyl (C=O) groups is 2. The topological polar surface area (TPSA) is 61.4 Å². The Kier molecular flexibility index (Phi) is 6.95. The molecule has 166 valence electrons. The lowest BCUT2D eigenvalue weighted by atomic mass is 10.2. The third-order valence-corrected chi connectivity index (χ3v) is 4.95. The largest absolute Gasteiger partial charge is 0.417 e. The number of benzene rings is 3. The number of halogens is 5. The van der Waals surface area contributed by atoms with E-state index in [1.807, 2.05) is 0 Å². The molecule has 3 aromatic carbocycles. The average Bonchev–Trinajstić information content (AvgIpc) is 2.74. The first-order valence-corrected chi connectivity index (χ1v) is 9.67. The maximum absolute atomic E-state index is 13.7. The van der Waals surface area contributed by atoms with Gasteiger partial charge in [-0.3, -0.25) is 4.79 Å². The van der Waals surface area contributed by atoms with Gasteiger partial charge in [-0.15, -0.1) is 0 Å². The van der Waals surface area contributed by atoms with E-state index < -0.39 is 34.5 Å². The smallest absolute Gasteiger partial charge is 0.322 e. The summed E-state index contributed by atoms with van der Waals surface area (Å²) in [7, 11) is 0. The van der Waals surface area contributed by atoms with Crippen LogP contribution in [0.25, 0.3) is 0 Å². The van der Waals surface area contributed by atoms with Gasteiger partial charge in [-0.25, -0.2) is 13.5 Å². The summed E-state index contributed by atoms with van der Waals surface area (Å²) in [5.74, 6) is -1.32. The number of nitrogens with zero attached hydrogens (tertiary/aromatic N) is 1. The number of anilines is 3. The van der Waals surface area contributed by atoms with Gasteiger partial charge < -0.3 is 10.6 Å². The number of hydrogen-bond acceptors (Lipinski definition) is 3. The Balaban J connectivity index is 1.68. The second-order valence-electron chi connectivity index (χ2n) is 6.42. The Hall–Kier alpha value is -3.24. The van der Waals surface area contributed by atoms with Crippen molar-refractivity contribution in [2.45, 2.75) is 6.18 Å². The molecule has 3 aromatic rings. The molecule has 0 saturated carbocycles. The summed E-state index contributed by atoms with van der Waals surface area (Å²) >= 11 is 9.62. The molecule has 32 heavy (non-hydrogen) atoms. The Morgan fingerprint density at radius 3 is 2.16 bits per heavy atom. The Labute approximate surface area is 190 Å². The maximum atomic E-state index is 13.7. The lowest BCUT2D eigenvalue weighted by molar-refractivity contribution is -0.137. The maximum Gasteiger partial charge on any atom is 0.417 e. The van der Waals surface area contributed by atoms with E-state index in [2.05, 4.69) is 23.4 Å². The second kappa shape index (κ2) is 9.49. The summed E-state index contributed by atoms with van der Waals surface area (Å²) in [6.45, 7) is 0. The quantitative estimate of drug-likeness (QED) is 0.288. The van der Waals surface area contributed by atoms with Gasteiger partial charge in [0, 0.05) is 11.4 Å². The van der Waals surface area contributed by atoms with Gasteiger partial charge in [0.25, 0.3) is 5.91 Å². The molecule has 0 aromatic heterocycles. The Morgan fingerprint density at radius 2 is 1.53 bits per heavy atom. The number of hydrogen-bond donors (Lipinski definition) is 3. The van der Waals surface area contributed by atoms with Crippen LogP contribution in [0.5, 0.6) is 0 Å². The van der Waals surface area contributed by atoms with Gasteiger partial charge >= 0.3 is 12.2 Å². The van der Waals surface area contributed by atoms with Gasteiger partial charge in [-0.1, -0.05) is 36.5 Å². The first kappa shape index (κ1) is 23.4. The third kappa shape index (κ3) is 5.51. The van der Waals surface area contributed by atoms with Crippen LogP contribution in [0.3, 0.4) is 0 Å². The second-order valence-corrected chi connectivity index (χ2v) is 7.22. The molecular formula is C21H14ClF4N3O2S. The lowest BCUT2D eigenvalue weighted by Gasteiger charge is -2.18. The fourth-order valence-electron chi connectivity index (χ4n) is 2.64. The first-order chi connectivity index (χ1) is 15.1. The normalized spacial score (nSPS) is 11.1. The van der Waals surface area contributed by atoms with E-state index >= 15 is 0 Å². The standard InChI is InChI=1S/C21H14ClF4N3O2S/c22-17-10-7-13(11-16(17)21(24,25)26)28-20(31)29(32)14-8-5-12(6-9-14)27-19(30)15-3-1-2-4-18(15)23/h1-11,32H,(H,27,30)(H,28,31). The fourth-order valence-corrected chi connectivity index (χ4v) is 3.05. The zero-order chi connectivity index (χ0) is 23.5. The van der Waals surface area contributed by atoms with E-state index in [1.165, 1.54) is 48.5 Å². The van der Waals surface area contributed by atoms with Gasteiger partial charge in [-0.2, -0.15) is 13.2 Å². The van der Waals surface area contributed by atoms with Gasteiger partial charge in [0.2, 0.25) is 0 Å². The summed E-state index contributed by atoms with van der Waals surface area (Å²) in [4.78, 5) is 24.5. The van der Waals surface area contributed by atoms with Gasteiger partial charge in [0.15, 0.2) is 0 Å². The number of thiol groups is 1. The summed E-state index contributed by atoms with van der Waals surface area (Å²) in [6.07, 6.45) is -4.68. The van der Waals surface area contributed by atoms with Crippen LogP contribution in [0, 0.1) is 5.82 Å². The van der Waals surface area contributed by atoms with Crippen LogP contribution in [0.1, 0.15) is 15.9 Å². The minimum absolute atomic E-state index is 0.125. The SMILES string of the molecule is O=C(Nc1ccc(N(S)C(=O)Nc2ccc(Cl)c(C(F)(F)F)c2)cc1)c1ccccc1F. The molecule has 0 fully saturated rings. The van der Waals surface area contributed by atoms with E-state index in [4.69, 9.17) is 11.6 Å². The molecule has 0 radical (unpaired) electrons. The molecule has 0 unspecified atom stereocenters. The Morgan fingerprint density at radius 1 is 0.906 bits per heavy atom. The van der Waals surface area contributed by atoms with Gasteiger partial charge in [0.1, 0.15) is 5.82 Å². The van der Waals surface area contributed by atoms with Crippen LogP contribution in [-0.2, 0) is 6.18 Å². The van der Waals surface area contributed by atoms with E-state index in [0.717, 1.165) is 16.4 Å². The predicted octanol–water partition coefficient (Wildman–Crippen LogP) is 6.63. The van der Waals surface area contributed by atoms with E-state index in [0.29, 0.717) is 11.8 Å². The van der Waals surface area contributed by atoms with E-state index in [-0.39, 0.29) is 16.9 Å². The molecule has 0 heterocycles. The van der Waals surface area contributed by atoms with Crippen LogP contribution in [0.4, 0.5) is 39.4 Å². The molecular weight excluding hydrogens is 470 g/mol. The van der Waals surface area contributed by atoms with Gasteiger partial charge in [0.05, 0.1) is 21.8 Å². The summed E-state index contributed by atoms with van der Waals surface area (Å²) in [5, 5.41) is 4.32. The molecule has 0 aliphatic heterocycles. The number of rotatable bonds is 4. The van der Waals surface area contributed by atoms with Crippen molar-refractivity contribution in [3.05, 3.63) is 88.7 Å². The predicted molar refractivity (Wildman–Crippen MR) is 118 cm³/mol. The minimum atomic E-state index is -4.68. The van der Waals surface area contributed by atoms with Crippen molar-refractivity contribution in [1.82, 2.24) is 0 Å². The van der Waals surface area contributed by atoms with Crippen molar-refractivity contribution < 1.29 is 27.2 Å². The molecule has 0 aliphatic carbocycles. The zero-order valence-corrected chi connectivity index (χ0v) is 17.6. The molecule has 2 N–H and O–H groups in total. The molecule has 5 nitrogen and oxygen atoms in total. The molecule has 3 rings (SSSR count). The van der Waals surface area contributed by atoms with Crippen molar-refractivity contribution in [3.8, 4) is 0 Å². The molecule has 3 amide bonds. The number of nitrogens with one attached hydrogen (secondary N) is 2. The summed E-state index contributed by atoms with van der Waals surface area (Å²) in [6, 6.07) is 13.4. The van der Waals surface area contributed by atoms with Gasteiger partial charge in [-0.05, 0) is 54.6 Å². The highest BCUT2D eigenvalue weighted by atomic mass is 35.5. The molecule has 0 saturated heterocycles. The molecule has 0 aliphatic rings. The minimum Gasteiger partial charge on any atom is -0.322 e. The molecule has 0 atom stereocenters. The highest BCUT2D eigenvalue weighted by Gasteiger charge is 2.33. The van der Waals surface area contributed by atoms with E-state index in [9.17, 15) is 27.2 Å². The average molecular weight is 484 g/mol. The summed E-state index contributed by atoms with van der Waals surface area (Å²) < 4.78 is 53.5. The molecule has 11 heteroatoms. The monoisotopic (exact) mass is 483 g/mol. The first-order valence-electron chi connectivity index (χ1n) is 8.89.